The van der Waals surface area contributed by atoms with Crippen LogP contribution in [-0.2, 0) is 0 Å². The monoisotopic (exact) mass is 290 g/mol. The molecule has 2 fully saturated rings. The van der Waals surface area contributed by atoms with Crippen LogP contribution in [0.5, 0.6) is 11.5 Å². The third-order valence-electron chi connectivity index (χ3n) is 4.89. The summed E-state index contributed by atoms with van der Waals surface area (Å²) < 4.78 is 5.07. The van der Waals surface area contributed by atoms with Crippen LogP contribution in [0.2, 0.25) is 0 Å². The predicted molar refractivity (Wildman–Crippen MR) is 79.4 cm³/mol. The lowest BCUT2D eigenvalue weighted by Crippen LogP contribution is -2.38. The third kappa shape index (κ3) is 2.46. The number of likely N-dealkylation sites (tertiary alicyclic amines) is 1. The Morgan fingerprint density at radius 2 is 2.19 bits per heavy atom. The molecule has 2 aliphatic rings. The van der Waals surface area contributed by atoms with Gasteiger partial charge in [-0.05, 0) is 36.8 Å². The molecule has 21 heavy (non-hydrogen) atoms. The molecule has 0 spiro atoms. The first kappa shape index (κ1) is 14.2. The second-order valence-electron chi connectivity index (χ2n) is 6.09. The lowest BCUT2D eigenvalue weighted by Gasteiger charge is -2.29. The van der Waals surface area contributed by atoms with Crippen molar-refractivity contribution in [2.75, 3.05) is 20.2 Å². The highest BCUT2D eigenvalue weighted by molar-refractivity contribution is 5.97. The molecule has 1 aromatic carbocycles. The molecule has 114 valence electrons. The minimum atomic E-state index is -0.131. The van der Waals surface area contributed by atoms with Gasteiger partial charge in [-0.3, -0.25) is 4.79 Å². The fourth-order valence-corrected chi connectivity index (χ4v) is 3.71. The van der Waals surface area contributed by atoms with Crippen molar-refractivity contribution in [3.63, 3.8) is 0 Å². The molecular formula is C16H22N2O3. The SMILES string of the molecule is COc1cccc(C(=O)N2CC3CCCC(N)C3C2)c1O. The van der Waals surface area contributed by atoms with Gasteiger partial charge in [0.1, 0.15) is 0 Å². The highest BCUT2D eigenvalue weighted by atomic mass is 16.5. The Bertz CT molecular complexity index is 546. The zero-order valence-electron chi connectivity index (χ0n) is 12.3. The van der Waals surface area contributed by atoms with Crippen LogP contribution in [0.25, 0.3) is 0 Å². The number of hydrogen-bond donors (Lipinski definition) is 2. The molecule has 0 bridgehead atoms. The van der Waals surface area contributed by atoms with Crippen molar-refractivity contribution in [1.82, 2.24) is 4.90 Å². The Morgan fingerprint density at radius 3 is 2.90 bits per heavy atom. The van der Waals surface area contributed by atoms with Gasteiger partial charge in [0, 0.05) is 19.1 Å². The average molecular weight is 290 g/mol. The molecule has 1 aliphatic heterocycles. The lowest BCUT2D eigenvalue weighted by molar-refractivity contribution is 0.0780. The summed E-state index contributed by atoms with van der Waals surface area (Å²) in [5.74, 6) is 1.02. The summed E-state index contributed by atoms with van der Waals surface area (Å²) in [6, 6.07) is 5.20. The van der Waals surface area contributed by atoms with E-state index in [0.717, 1.165) is 25.8 Å². The van der Waals surface area contributed by atoms with Crippen LogP contribution in [-0.4, -0.2) is 42.2 Å². The summed E-state index contributed by atoms with van der Waals surface area (Å²) >= 11 is 0. The number of aromatic hydroxyl groups is 1. The smallest absolute Gasteiger partial charge is 0.257 e. The molecule has 1 aliphatic carbocycles. The quantitative estimate of drug-likeness (QED) is 0.867. The van der Waals surface area contributed by atoms with Crippen LogP contribution >= 0.6 is 0 Å². The highest BCUT2D eigenvalue weighted by Crippen LogP contribution is 2.37. The number of benzene rings is 1. The zero-order chi connectivity index (χ0) is 15.0. The number of nitrogens with two attached hydrogens (primary N) is 1. The number of carbonyl (C=O) groups is 1. The van der Waals surface area contributed by atoms with Crippen molar-refractivity contribution in [3.8, 4) is 11.5 Å². The third-order valence-corrected chi connectivity index (χ3v) is 4.89. The summed E-state index contributed by atoms with van der Waals surface area (Å²) in [4.78, 5) is 14.5. The number of ether oxygens (including phenoxy) is 1. The number of hydrogen-bond acceptors (Lipinski definition) is 4. The normalized spacial score (nSPS) is 28.3. The van der Waals surface area contributed by atoms with E-state index in [0.29, 0.717) is 29.7 Å². The van der Waals surface area contributed by atoms with Gasteiger partial charge in [-0.2, -0.15) is 0 Å². The summed E-state index contributed by atoms with van der Waals surface area (Å²) in [6.07, 6.45) is 3.34. The van der Waals surface area contributed by atoms with E-state index in [1.165, 1.54) is 7.11 Å². The zero-order valence-corrected chi connectivity index (χ0v) is 12.3. The molecular weight excluding hydrogens is 268 g/mol. The molecule has 3 rings (SSSR count). The van der Waals surface area contributed by atoms with E-state index in [2.05, 4.69) is 0 Å². The molecule has 3 atom stereocenters. The number of phenolic OH excluding ortho intramolecular Hbond substituents is 1. The Hall–Kier alpha value is -1.75. The van der Waals surface area contributed by atoms with Gasteiger partial charge in [0.15, 0.2) is 11.5 Å². The van der Waals surface area contributed by atoms with Gasteiger partial charge >= 0.3 is 0 Å². The van der Waals surface area contributed by atoms with Crippen molar-refractivity contribution >= 4 is 5.91 Å². The maximum absolute atomic E-state index is 12.7. The Morgan fingerprint density at radius 1 is 1.38 bits per heavy atom. The molecule has 1 saturated heterocycles. The summed E-state index contributed by atoms with van der Waals surface area (Å²) in [7, 11) is 1.48. The van der Waals surface area contributed by atoms with Gasteiger partial charge in [-0.15, -0.1) is 0 Å². The second-order valence-corrected chi connectivity index (χ2v) is 6.09. The first-order valence-corrected chi connectivity index (χ1v) is 7.52. The van der Waals surface area contributed by atoms with Gasteiger partial charge in [0.05, 0.1) is 12.7 Å². The molecule has 0 aromatic heterocycles. The first-order chi connectivity index (χ1) is 10.1. The number of para-hydroxylation sites is 1. The van der Waals surface area contributed by atoms with Gasteiger partial charge in [-0.25, -0.2) is 0 Å². The number of carbonyl (C=O) groups excluding carboxylic acids is 1. The number of methoxy groups -OCH3 is 1. The first-order valence-electron chi connectivity index (χ1n) is 7.52. The van der Waals surface area contributed by atoms with E-state index in [1.807, 2.05) is 4.90 Å². The molecule has 5 heteroatoms. The number of amides is 1. The number of phenols is 1. The van der Waals surface area contributed by atoms with Crippen LogP contribution in [0.3, 0.4) is 0 Å². The summed E-state index contributed by atoms with van der Waals surface area (Å²) in [5.41, 5.74) is 6.50. The summed E-state index contributed by atoms with van der Waals surface area (Å²) in [6.45, 7) is 1.44. The van der Waals surface area contributed by atoms with Gasteiger partial charge in [0.25, 0.3) is 5.91 Å². The molecule has 5 nitrogen and oxygen atoms in total. The van der Waals surface area contributed by atoms with Crippen LogP contribution in [0.4, 0.5) is 0 Å². The molecule has 1 heterocycles. The molecule has 0 radical (unpaired) electrons. The van der Waals surface area contributed by atoms with Gasteiger partial charge in [-0.1, -0.05) is 12.5 Å². The van der Waals surface area contributed by atoms with Crippen LogP contribution < -0.4 is 10.5 Å². The van der Waals surface area contributed by atoms with Crippen molar-refractivity contribution in [2.45, 2.75) is 25.3 Å². The van der Waals surface area contributed by atoms with Crippen molar-refractivity contribution in [2.24, 2.45) is 17.6 Å². The Balaban J connectivity index is 1.80. The standard InChI is InChI=1S/C16H22N2O3/c1-21-14-7-3-5-11(15(14)19)16(20)18-8-10-4-2-6-13(17)12(10)9-18/h3,5,7,10,12-13,19H,2,4,6,8-9,17H2,1H3. The van der Waals surface area contributed by atoms with Crippen molar-refractivity contribution in [3.05, 3.63) is 23.8 Å². The predicted octanol–water partition coefficient (Wildman–Crippen LogP) is 1.60. The fraction of sp³-hybridized carbons (Fsp3) is 0.562. The van der Waals surface area contributed by atoms with E-state index in [1.54, 1.807) is 18.2 Å². The minimum Gasteiger partial charge on any atom is -0.504 e. The Kier molecular flexibility index (Phi) is 3.76. The van der Waals surface area contributed by atoms with Crippen molar-refractivity contribution < 1.29 is 14.6 Å². The fourth-order valence-electron chi connectivity index (χ4n) is 3.71. The number of fused-ring (bicyclic) bond motifs is 1. The molecule has 1 amide bonds. The van der Waals surface area contributed by atoms with Gasteiger partial charge in [0.2, 0.25) is 0 Å². The topological polar surface area (TPSA) is 75.8 Å². The molecule has 1 aromatic rings. The second kappa shape index (κ2) is 5.56. The van der Waals surface area contributed by atoms with Crippen molar-refractivity contribution in [1.29, 1.82) is 0 Å². The molecule has 3 unspecified atom stereocenters. The van der Waals surface area contributed by atoms with Crippen LogP contribution in [0.1, 0.15) is 29.6 Å². The number of rotatable bonds is 2. The van der Waals surface area contributed by atoms with E-state index >= 15 is 0 Å². The van der Waals surface area contributed by atoms with Crippen LogP contribution in [0.15, 0.2) is 18.2 Å². The largest absolute Gasteiger partial charge is 0.504 e. The minimum absolute atomic E-state index is 0.0795. The maximum atomic E-state index is 12.7. The average Bonchev–Trinajstić information content (AvgIpc) is 2.92. The lowest BCUT2D eigenvalue weighted by atomic mass is 9.78. The highest BCUT2D eigenvalue weighted by Gasteiger charge is 2.40. The summed E-state index contributed by atoms with van der Waals surface area (Å²) in [5, 5.41) is 10.1. The van der Waals surface area contributed by atoms with E-state index in [-0.39, 0.29) is 17.7 Å². The Labute approximate surface area is 124 Å². The maximum Gasteiger partial charge on any atom is 0.257 e. The van der Waals surface area contributed by atoms with Crippen LogP contribution in [0, 0.1) is 11.8 Å². The van der Waals surface area contributed by atoms with Gasteiger partial charge < -0.3 is 20.5 Å². The molecule has 1 saturated carbocycles. The van der Waals surface area contributed by atoms with E-state index in [9.17, 15) is 9.90 Å². The van der Waals surface area contributed by atoms with E-state index < -0.39 is 0 Å². The van der Waals surface area contributed by atoms with E-state index in [4.69, 9.17) is 10.5 Å². The number of nitrogens with zero attached hydrogens (tertiary/aromatic N) is 1. The molecule has 3 N–H and O–H groups in total.